The summed E-state index contributed by atoms with van der Waals surface area (Å²) in [7, 11) is 0. The van der Waals surface area contributed by atoms with Gasteiger partial charge in [0.2, 0.25) is 0 Å². The molecule has 1 aliphatic heterocycles. The van der Waals surface area contributed by atoms with E-state index in [1.54, 1.807) is 41.3 Å². The molecule has 1 aromatic heterocycles. The van der Waals surface area contributed by atoms with Crippen molar-refractivity contribution >= 4 is 34.4 Å². The first kappa shape index (κ1) is 17.4. The van der Waals surface area contributed by atoms with Gasteiger partial charge >= 0.3 is 6.03 Å². The molecule has 1 aliphatic rings. The first-order valence-corrected chi connectivity index (χ1v) is 9.12. The highest BCUT2D eigenvalue weighted by Crippen LogP contribution is 2.31. The predicted octanol–water partition coefficient (Wildman–Crippen LogP) is 4.76. The van der Waals surface area contributed by atoms with E-state index in [2.05, 4.69) is 16.4 Å². The van der Waals surface area contributed by atoms with E-state index >= 15 is 0 Å². The lowest BCUT2D eigenvalue weighted by Gasteiger charge is -2.30. The number of nitrogens with one attached hydrogen (secondary N) is 1. The van der Waals surface area contributed by atoms with Gasteiger partial charge < -0.3 is 14.6 Å². The number of carbonyl (C=O) groups excluding carboxylic acids is 1. The van der Waals surface area contributed by atoms with Gasteiger partial charge in [-0.3, -0.25) is 0 Å². The number of hydrogen-bond donors (Lipinski definition) is 1. The van der Waals surface area contributed by atoms with Crippen LogP contribution in [0.15, 0.2) is 46.9 Å². The Bertz CT molecular complexity index is 1010. The zero-order valence-electron chi connectivity index (χ0n) is 14.5. The number of piperidine rings is 1. The summed E-state index contributed by atoms with van der Waals surface area (Å²) in [6.07, 6.45) is 1.59. The first-order valence-electron chi connectivity index (χ1n) is 8.74. The highest BCUT2D eigenvalue weighted by molar-refractivity contribution is 6.31. The van der Waals surface area contributed by atoms with Crippen LogP contribution in [0.1, 0.15) is 30.2 Å². The Labute approximate surface area is 161 Å². The Morgan fingerprint density at radius 3 is 2.67 bits per heavy atom. The number of halogens is 1. The summed E-state index contributed by atoms with van der Waals surface area (Å²) in [6, 6.07) is 14.2. The van der Waals surface area contributed by atoms with E-state index in [0.717, 1.165) is 23.9 Å². The number of hydrogen-bond acceptors (Lipinski definition) is 4. The zero-order chi connectivity index (χ0) is 18.8. The van der Waals surface area contributed by atoms with Crippen LogP contribution in [0.3, 0.4) is 0 Å². The van der Waals surface area contributed by atoms with Crippen molar-refractivity contribution < 1.29 is 9.21 Å². The molecule has 2 aromatic carbocycles. The minimum Gasteiger partial charge on any atom is -0.440 e. The predicted molar refractivity (Wildman–Crippen MR) is 103 cm³/mol. The summed E-state index contributed by atoms with van der Waals surface area (Å²) in [5.41, 5.74) is 2.74. The number of likely N-dealkylation sites (tertiary alicyclic amines) is 1. The van der Waals surface area contributed by atoms with Gasteiger partial charge in [0, 0.05) is 29.7 Å². The first-order chi connectivity index (χ1) is 13.1. The van der Waals surface area contributed by atoms with E-state index in [4.69, 9.17) is 21.3 Å². The average molecular weight is 381 g/mol. The fourth-order valence-electron chi connectivity index (χ4n) is 3.25. The van der Waals surface area contributed by atoms with E-state index in [9.17, 15) is 4.79 Å². The fourth-order valence-corrected chi connectivity index (χ4v) is 3.42. The largest absolute Gasteiger partial charge is 0.440 e. The lowest BCUT2D eigenvalue weighted by Crippen LogP contribution is -2.40. The van der Waals surface area contributed by atoms with Crippen LogP contribution >= 0.6 is 11.6 Å². The average Bonchev–Trinajstić information content (AvgIpc) is 3.12. The van der Waals surface area contributed by atoms with Crippen molar-refractivity contribution in [3.05, 3.63) is 58.9 Å². The number of amides is 2. The lowest BCUT2D eigenvalue weighted by atomic mass is 9.97. The highest BCUT2D eigenvalue weighted by atomic mass is 35.5. The van der Waals surface area contributed by atoms with Crippen molar-refractivity contribution in [1.29, 1.82) is 5.26 Å². The van der Waals surface area contributed by atoms with Crippen molar-refractivity contribution in [2.45, 2.75) is 18.8 Å². The summed E-state index contributed by atoms with van der Waals surface area (Å²) in [6.45, 7) is 1.26. The molecule has 1 fully saturated rings. The van der Waals surface area contributed by atoms with Crippen LogP contribution in [0.5, 0.6) is 0 Å². The molecule has 1 N–H and O–H groups in total. The van der Waals surface area contributed by atoms with Crippen molar-refractivity contribution in [1.82, 2.24) is 9.88 Å². The van der Waals surface area contributed by atoms with Crippen molar-refractivity contribution in [3.8, 4) is 6.07 Å². The molecule has 0 bridgehead atoms. The lowest BCUT2D eigenvalue weighted by molar-refractivity contribution is 0.190. The minimum absolute atomic E-state index is 0.137. The molecule has 136 valence electrons. The molecular weight excluding hydrogens is 364 g/mol. The van der Waals surface area contributed by atoms with Crippen LogP contribution in [-0.2, 0) is 0 Å². The van der Waals surface area contributed by atoms with E-state index in [-0.39, 0.29) is 11.9 Å². The third-order valence-electron chi connectivity index (χ3n) is 4.76. The molecular formula is C20H17ClN4O2. The number of fused-ring (bicyclic) bond motifs is 1. The van der Waals surface area contributed by atoms with Crippen LogP contribution in [0.4, 0.5) is 10.5 Å². The number of benzene rings is 2. The Morgan fingerprint density at radius 2 is 1.96 bits per heavy atom. The number of aromatic nitrogens is 1. The Hall–Kier alpha value is -3.04. The second-order valence-electron chi connectivity index (χ2n) is 6.54. The van der Waals surface area contributed by atoms with Gasteiger partial charge in [-0.2, -0.15) is 5.26 Å². The Balaban J connectivity index is 1.37. The van der Waals surface area contributed by atoms with E-state index in [1.165, 1.54) is 0 Å². The zero-order valence-corrected chi connectivity index (χ0v) is 15.2. The molecule has 0 aliphatic carbocycles. The highest BCUT2D eigenvalue weighted by Gasteiger charge is 2.27. The van der Waals surface area contributed by atoms with E-state index in [1.807, 2.05) is 6.07 Å². The van der Waals surface area contributed by atoms with Crippen LogP contribution in [-0.4, -0.2) is 29.0 Å². The van der Waals surface area contributed by atoms with Gasteiger partial charge in [-0.05, 0) is 55.3 Å². The quantitative estimate of drug-likeness (QED) is 0.694. The molecule has 2 heterocycles. The third-order valence-corrected chi connectivity index (χ3v) is 5.00. The molecule has 1 saturated heterocycles. The molecule has 6 nitrogen and oxygen atoms in total. The molecule has 3 aromatic rings. The number of urea groups is 1. The second kappa shape index (κ2) is 7.29. The molecule has 27 heavy (non-hydrogen) atoms. The molecule has 4 rings (SSSR count). The van der Waals surface area contributed by atoms with Crippen molar-refractivity contribution in [2.24, 2.45) is 0 Å². The van der Waals surface area contributed by atoms with Gasteiger partial charge in [0.25, 0.3) is 0 Å². The minimum atomic E-state index is -0.137. The number of rotatable bonds is 2. The maximum absolute atomic E-state index is 12.4. The number of nitriles is 1. The molecule has 2 amide bonds. The number of anilines is 1. The Morgan fingerprint density at radius 1 is 1.22 bits per heavy atom. The SMILES string of the molecule is N#Cc1ccc(NC(=O)N2CCC(c3nc4cc(Cl)ccc4o3)CC2)cc1. The van der Waals surface area contributed by atoms with Gasteiger partial charge in [-0.1, -0.05) is 11.6 Å². The van der Waals surface area contributed by atoms with Gasteiger partial charge in [0.05, 0.1) is 11.6 Å². The summed E-state index contributed by atoms with van der Waals surface area (Å²) in [4.78, 5) is 18.8. The normalized spacial score (nSPS) is 14.9. The maximum atomic E-state index is 12.4. The van der Waals surface area contributed by atoms with Crippen LogP contribution in [0, 0.1) is 11.3 Å². The van der Waals surface area contributed by atoms with Gasteiger partial charge in [0.15, 0.2) is 11.5 Å². The summed E-state index contributed by atoms with van der Waals surface area (Å²) >= 11 is 6.00. The van der Waals surface area contributed by atoms with Gasteiger partial charge in [-0.15, -0.1) is 0 Å². The van der Waals surface area contributed by atoms with Crippen LogP contribution in [0.2, 0.25) is 5.02 Å². The summed E-state index contributed by atoms with van der Waals surface area (Å²) < 4.78 is 5.86. The number of nitrogens with zero attached hydrogens (tertiary/aromatic N) is 3. The fraction of sp³-hybridized carbons (Fsp3) is 0.250. The topological polar surface area (TPSA) is 82.2 Å². The monoisotopic (exact) mass is 380 g/mol. The van der Waals surface area contributed by atoms with Gasteiger partial charge in [-0.25, -0.2) is 9.78 Å². The standard InChI is InChI=1S/C20H17ClN4O2/c21-15-3-6-18-17(11-15)24-19(27-18)14-7-9-25(10-8-14)20(26)23-16-4-1-13(12-22)2-5-16/h1-6,11,14H,7-10H2,(H,23,26). The smallest absolute Gasteiger partial charge is 0.321 e. The van der Waals surface area contributed by atoms with Gasteiger partial charge in [0.1, 0.15) is 5.52 Å². The summed E-state index contributed by atoms with van der Waals surface area (Å²) in [5, 5.41) is 12.3. The molecule has 0 atom stereocenters. The molecule has 0 radical (unpaired) electrons. The number of carbonyl (C=O) groups is 1. The van der Waals surface area contributed by atoms with Crippen molar-refractivity contribution in [3.63, 3.8) is 0 Å². The van der Waals surface area contributed by atoms with Crippen molar-refractivity contribution in [2.75, 3.05) is 18.4 Å². The number of oxazole rings is 1. The maximum Gasteiger partial charge on any atom is 0.321 e. The molecule has 0 unspecified atom stereocenters. The molecule has 7 heteroatoms. The van der Waals surface area contributed by atoms with Crippen LogP contribution in [0.25, 0.3) is 11.1 Å². The third kappa shape index (κ3) is 3.74. The summed E-state index contributed by atoms with van der Waals surface area (Å²) in [5.74, 6) is 0.898. The second-order valence-corrected chi connectivity index (χ2v) is 6.98. The molecule has 0 spiro atoms. The van der Waals surface area contributed by atoms with Crippen LogP contribution < -0.4 is 5.32 Å². The van der Waals surface area contributed by atoms with E-state index < -0.39 is 0 Å². The van der Waals surface area contributed by atoms with E-state index in [0.29, 0.717) is 35.3 Å². The molecule has 0 saturated carbocycles. The Kier molecular flexibility index (Phi) is 4.69.